The second-order valence-corrected chi connectivity index (χ2v) is 18.9. The summed E-state index contributed by atoms with van der Waals surface area (Å²) in [5.74, 6) is 0. The van der Waals surface area contributed by atoms with Gasteiger partial charge in [0.15, 0.2) is 37.7 Å². The zero-order valence-corrected chi connectivity index (χ0v) is 37.4. The van der Waals surface area contributed by atoms with Crippen molar-refractivity contribution < 1.29 is 114 Å². The number of ether oxygens (including phenoxy) is 24. The van der Waals surface area contributed by atoms with Crippen molar-refractivity contribution in [2.75, 3.05) is 82.3 Å². The Balaban J connectivity index is 0.795. The lowest BCUT2D eigenvalue weighted by atomic mass is 9.97. The Bertz CT molecular complexity index is 1410. The maximum Gasteiger partial charge on any atom is 0.187 e. The summed E-state index contributed by atoms with van der Waals surface area (Å²) in [4.78, 5) is 0. The SMILES string of the molecule is CO[C@H]1[C@H]2O[C@@H]3[C@H]4OC[C@@H]3O[C@H](O[C@@H]3[C@H]5OC[C@@H]3O[C@H](O[C@@H]3[C@H]6OC[C@@H]3O[C@H](O[C@@H]3[C@H]7OC[C@@H]3O[C@H](O[C@@H]3[C@H]8OC[C@@H]3O[C@H](O[C@@H]3[C@H]1OC[C@@H]3O2)[C@@H]8OC)[C@@H]7OC)[C@@H]6OC)[C@@H]5OC)[C@@H]4OC. The van der Waals surface area contributed by atoms with Gasteiger partial charge in [-0.25, -0.2) is 0 Å². The molecule has 0 radical (unpaired) electrons. The van der Waals surface area contributed by atoms with Crippen LogP contribution < -0.4 is 0 Å². The number of hydrogen-bond donors (Lipinski definition) is 0. The molecule has 24 heteroatoms. The van der Waals surface area contributed by atoms with Gasteiger partial charge in [-0.1, -0.05) is 0 Å². The van der Waals surface area contributed by atoms with E-state index in [2.05, 4.69) is 0 Å². The third-order valence-electron chi connectivity index (χ3n) is 15.6. The van der Waals surface area contributed by atoms with E-state index in [-0.39, 0.29) is 39.6 Å². The normalized spacial score (nSPS) is 59.2. The summed E-state index contributed by atoms with van der Waals surface area (Å²) >= 11 is 0. The Hall–Kier alpha value is -0.960. The monoisotopic (exact) mass is 948 g/mol. The third kappa shape index (κ3) is 7.09. The average Bonchev–Trinajstić information content (AvgIpc) is 4.09. The van der Waals surface area contributed by atoms with Crippen LogP contribution in [0.15, 0.2) is 0 Å². The standard InChI is InChI=1S/C42H60O24/c1-43-31-25-19-13(7-49-25)55-37(31)61-20-14-8-50-26(20)32(44-2)39(56-14)63-22-16-10-52-28(22)34(46-4)41(58-16)65-24-18-12-54-30(24)36(48-6)42(60-18)66-23-17-11-53-29(23)35(47-5)40(59-17)64-21-15-9-51-27(21)33(45-3)38(57-15)62-19/h13-42H,7-12H2,1-6H3/t13-,14-,15-,16-,17-,18-,19-,20-,21-,22-,23-,24-,25+,26+,27+,28+,29+,30+,31+,32+,33+,34+,35+,36+,37+,38+,39+,40+,41+,42+/m0/s1. The van der Waals surface area contributed by atoms with E-state index in [9.17, 15) is 0 Å². The Kier molecular flexibility index (Phi) is 12.2. The van der Waals surface area contributed by atoms with Gasteiger partial charge in [0.1, 0.15) is 146 Å². The summed E-state index contributed by atoms with van der Waals surface area (Å²) in [5, 5.41) is 0. The van der Waals surface area contributed by atoms with Crippen molar-refractivity contribution in [3.63, 3.8) is 0 Å². The largest absolute Gasteiger partial charge is 0.373 e. The first-order chi connectivity index (χ1) is 32.4. The summed E-state index contributed by atoms with van der Waals surface area (Å²) in [6.07, 6.45) is -19.7. The van der Waals surface area contributed by atoms with E-state index in [1.165, 1.54) is 0 Å². The maximum absolute atomic E-state index is 6.73. The second kappa shape index (κ2) is 18.0. The Labute approximate surface area is 379 Å². The molecule has 66 heavy (non-hydrogen) atoms. The van der Waals surface area contributed by atoms with Crippen LogP contribution in [0.5, 0.6) is 0 Å². The molecule has 0 aliphatic carbocycles. The molecule has 30 aliphatic rings. The molecule has 30 fully saturated rings. The van der Waals surface area contributed by atoms with Crippen LogP contribution in [0.1, 0.15) is 0 Å². The molecule has 372 valence electrons. The summed E-state index contributed by atoms with van der Waals surface area (Å²) < 4.78 is 154. The minimum atomic E-state index is -0.866. The van der Waals surface area contributed by atoms with Crippen molar-refractivity contribution in [1.29, 1.82) is 0 Å². The van der Waals surface area contributed by atoms with Gasteiger partial charge >= 0.3 is 0 Å². The number of methoxy groups -OCH3 is 6. The zero-order chi connectivity index (χ0) is 44.5. The number of rotatable bonds is 6. The van der Waals surface area contributed by atoms with Gasteiger partial charge in [-0.15, -0.1) is 0 Å². The van der Waals surface area contributed by atoms with Gasteiger partial charge in [0.2, 0.25) is 0 Å². The van der Waals surface area contributed by atoms with E-state index in [0.717, 1.165) is 0 Å². The van der Waals surface area contributed by atoms with Crippen LogP contribution in [0.2, 0.25) is 0 Å². The minimum absolute atomic E-state index is 0.235. The molecule has 30 rings (SSSR count). The van der Waals surface area contributed by atoms with Crippen molar-refractivity contribution in [3.8, 4) is 0 Å². The predicted octanol–water partition coefficient (Wildman–Crippen LogP) is -2.86. The highest BCUT2D eigenvalue weighted by Gasteiger charge is 2.65. The van der Waals surface area contributed by atoms with E-state index in [1.54, 1.807) is 42.7 Å². The third-order valence-corrected chi connectivity index (χ3v) is 15.6. The predicted molar refractivity (Wildman–Crippen MR) is 204 cm³/mol. The first-order valence-electron chi connectivity index (χ1n) is 23.1. The highest BCUT2D eigenvalue weighted by Crippen LogP contribution is 2.46. The lowest BCUT2D eigenvalue weighted by Crippen LogP contribution is -2.65. The first-order valence-corrected chi connectivity index (χ1v) is 23.1. The molecule has 0 N–H and O–H groups in total. The molecule has 0 aromatic rings. The molecular formula is C42H60O24. The molecule has 30 heterocycles. The van der Waals surface area contributed by atoms with E-state index in [4.69, 9.17) is 114 Å². The van der Waals surface area contributed by atoms with Gasteiger partial charge in [-0.2, -0.15) is 0 Å². The Morgan fingerprint density at radius 2 is 0.364 bits per heavy atom. The summed E-state index contributed by atoms with van der Waals surface area (Å²) in [7, 11) is 9.47. The second-order valence-electron chi connectivity index (χ2n) is 18.9. The summed E-state index contributed by atoms with van der Waals surface area (Å²) in [5.41, 5.74) is 0. The fourth-order valence-corrected chi connectivity index (χ4v) is 12.5. The van der Waals surface area contributed by atoms with Crippen LogP contribution in [0.4, 0.5) is 0 Å². The van der Waals surface area contributed by atoms with Crippen LogP contribution >= 0.6 is 0 Å². The van der Waals surface area contributed by atoms with Crippen molar-refractivity contribution >= 4 is 0 Å². The Morgan fingerprint density at radius 1 is 0.212 bits per heavy atom. The van der Waals surface area contributed by atoms with Crippen LogP contribution in [0.25, 0.3) is 0 Å². The molecule has 24 bridgehead atoms. The van der Waals surface area contributed by atoms with Crippen LogP contribution in [-0.2, 0) is 114 Å². The van der Waals surface area contributed by atoms with Gasteiger partial charge in [-0.05, 0) is 0 Å². The van der Waals surface area contributed by atoms with Gasteiger partial charge in [0.05, 0.1) is 39.6 Å². The topological polar surface area (TPSA) is 222 Å². The highest BCUT2D eigenvalue weighted by atomic mass is 16.8. The van der Waals surface area contributed by atoms with E-state index < -0.39 is 184 Å². The van der Waals surface area contributed by atoms with Crippen LogP contribution in [0.3, 0.4) is 0 Å². The van der Waals surface area contributed by atoms with E-state index in [1.807, 2.05) is 0 Å². The highest BCUT2D eigenvalue weighted by molar-refractivity contribution is 5.07. The smallest absolute Gasteiger partial charge is 0.187 e. The first kappa shape index (κ1) is 44.9. The van der Waals surface area contributed by atoms with Crippen molar-refractivity contribution in [2.45, 2.75) is 184 Å². The maximum atomic E-state index is 6.73. The van der Waals surface area contributed by atoms with E-state index in [0.29, 0.717) is 0 Å². The van der Waals surface area contributed by atoms with Gasteiger partial charge in [0.25, 0.3) is 0 Å². The minimum Gasteiger partial charge on any atom is -0.373 e. The molecule has 0 saturated carbocycles. The zero-order valence-electron chi connectivity index (χ0n) is 37.4. The van der Waals surface area contributed by atoms with E-state index >= 15 is 0 Å². The molecule has 0 amide bonds. The fraction of sp³-hybridized carbons (Fsp3) is 1.00. The number of hydrogen-bond acceptors (Lipinski definition) is 24. The molecule has 0 aromatic heterocycles. The molecule has 0 spiro atoms. The lowest BCUT2D eigenvalue weighted by molar-refractivity contribution is -0.370. The molecule has 0 aromatic carbocycles. The van der Waals surface area contributed by atoms with Crippen LogP contribution in [-0.4, -0.2) is 267 Å². The molecule has 24 nitrogen and oxygen atoms in total. The van der Waals surface area contributed by atoms with Gasteiger partial charge in [-0.3, -0.25) is 0 Å². The fourth-order valence-electron chi connectivity index (χ4n) is 12.5. The molecule has 30 saturated heterocycles. The molecule has 0 unspecified atom stereocenters. The average molecular weight is 949 g/mol. The van der Waals surface area contributed by atoms with Crippen molar-refractivity contribution in [3.05, 3.63) is 0 Å². The van der Waals surface area contributed by atoms with Gasteiger partial charge in [0, 0.05) is 42.7 Å². The molecule has 30 aliphatic heterocycles. The quantitative estimate of drug-likeness (QED) is 0.261. The molecule has 30 atom stereocenters. The van der Waals surface area contributed by atoms with Crippen molar-refractivity contribution in [2.24, 2.45) is 0 Å². The summed E-state index contributed by atoms with van der Waals surface area (Å²) in [6, 6.07) is 0. The lowest BCUT2D eigenvalue weighted by Gasteiger charge is -2.48. The van der Waals surface area contributed by atoms with Crippen molar-refractivity contribution in [1.82, 2.24) is 0 Å². The van der Waals surface area contributed by atoms with Crippen LogP contribution in [0, 0.1) is 0 Å². The molecular weight excluding hydrogens is 888 g/mol. The van der Waals surface area contributed by atoms with Gasteiger partial charge < -0.3 is 114 Å². The Morgan fingerprint density at radius 3 is 0.500 bits per heavy atom. The summed E-state index contributed by atoms with van der Waals surface area (Å²) in [6.45, 7) is 1.41.